The molecule has 0 aliphatic heterocycles. The topological polar surface area (TPSA) is 117 Å². The van der Waals surface area contributed by atoms with Crippen LogP contribution in [-0.4, -0.2) is 9.91 Å². The quantitative estimate of drug-likeness (QED) is 0.659. The van der Waals surface area contributed by atoms with E-state index in [1.165, 1.54) is 24.5 Å². The molecule has 2 aromatic rings. The number of non-ortho nitro benzene ring substituents is 1. The van der Waals surface area contributed by atoms with E-state index in [9.17, 15) is 14.5 Å². The Morgan fingerprint density at radius 2 is 2.10 bits per heavy atom. The summed E-state index contributed by atoms with van der Waals surface area (Å²) in [6.45, 7) is 0. The first-order valence-corrected chi connectivity index (χ1v) is 5.77. The van der Waals surface area contributed by atoms with E-state index >= 15 is 0 Å². The van der Waals surface area contributed by atoms with Crippen LogP contribution in [0.1, 0.15) is 5.69 Å². The average Bonchev–Trinajstić information content (AvgIpc) is 2.44. The monoisotopic (exact) mass is 290 g/mol. The van der Waals surface area contributed by atoms with Crippen molar-refractivity contribution in [2.75, 3.05) is 5.73 Å². The predicted octanol–water partition coefficient (Wildman–Crippen LogP) is 2.43. The van der Waals surface area contributed by atoms with Crippen LogP contribution in [0.5, 0.6) is 11.5 Å². The standard InChI is InChI=1S/C13H11FN4O3/c14-10-6-9(18(19)20)1-2-12(10)21-13-5-8(16)7-17-11(13)3-4-15/h1-7H,15-16H2. The molecule has 0 fully saturated rings. The lowest BCUT2D eigenvalue weighted by Gasteiger charge is -2.09. The Kier molecular flexibility index (Phi) is 3.98. The van der Waals surface area contributed by atoms with Crippen LogP contribution in [-0.2, 0) is 0 Å². The smallest absolute Gasteiger partial charge is 0.272 e. The molecule has 1 aromatic carbocycles. The molecule has 8 heteroatoms. The normalized spacial score (nSPS) is 10.7. The minimum atomic E-state index is -0.866. The maximum Gasteiger partial charge on any atom is 0.272 e. The van der Waals surface area contributed by atoms with Crippen LogP contribution >= 0.6 is 0 Å². The zero-order valence-electron chi connectivity index (χ0n) is 10.7. The van der Waals surface area contributed by atoms with Gasteiger partial charge in [-0.2, -0.15) is 0 Å². The number of rotatable bonds is 4. The van der Waals surface area contributed by atoms with Gasteiger partial charge in [-0.05, 0) is 18.3 Å². The second-order valence-electron chi connectivity index (χ2n) is 3.99. The second kappa shape index (κ2) is 5.87. The van der Waals surface area contributed by atoms with E-state index < -0.39 is 10.7 Å². The summed E-state index contributed by atoms with van der Waals surface area (Å²) in [5.41, 5.74) is 11.2. The second-order valence-corrected chi connectivity index (χ2v) is 3.99. The largest absolute Gasteiger partial charge is 0.452 e. The van der Waals surface area contributed by atoms with Crippen LogP contribution < -0.4 is 16.2 Å². The van der Waals surface area contributed by atoms with E-state index in [4.69, 9.17) is 16.2 Å². The van der Waals surface area contributed by atoms with Crippen LogP contribution in [0.4, 0.5) is 15.8 Å². The van der Waals surface area contributed by atoms with Crippen molar-refractivity contribution in [2.45, 2.75) is 0 Å². The number of hydrogen-bond acceptors (Lipinski definition) is 6. The summed E-state index contributed by atoms with van der Waals surface area (Å²) in [6.07, 6.45) is 4.10. The fourth-order valence-electron chi connectivity index (χ4n) is 1.57. The molecule has 0 saturated heterocycles. The number of anilines is 1. The fraction of sp³-hybridized carbons (Fsp3) is 0. The summed E-state index contributed by atoms with van der Waals surface area (Å²) in [5.74, 6) is -0.863. The Morgan fingerprint density at radius 3 is 2.71 bits per heavy atom. The summed E-state index contributed by atoms with van der Waals surface area (Å²) >= 11 is 0. The van der Waals surface area contributed by atoms with E-state index in [0.717, 1.165) is 18.2 Å². The molecular formula is C13H11FN4O3. The maximum absolute atomic E-state index is 13.8. The number of pyridine rings is 1. The molecule has 0 bridgehead atoms. The van der Waals surface area contributed by atoms with Crippen LogP contribution in [0.2, 0.25) is 0 Å². The Hall–Kier alpha value is -3.16. The summed E-state index contributed by atoms with van der Waals surface area (Å²) in [4.78, 5) is 13.9. The molecule has 0 spiro atoms. The van der Waals surface area contributed by atoms with Crippen molar-refractivity contribution in [2.24, 2.45) is 5.73 Å². The molecule has 21 heavy (non-hydrogen) atoms. The molecule has 108 valence electrons. The summed E-state index contributed by atoms with van der Waals surface area (Å²) in [6, 6.07) is 4.51. The zero-order valence-corrected chi connectivity index (χ0v) is 10.7. The van der Waals surface area contributed by atoms with Crippen molar-refractivity contribution >= 4 is 17.5 Å². The van der Waals surface area contributed by atoms with Gasteiger partial charge in [-0.15, -0.1) is 0 Å². The third kappa shape index (κ3) is 3.24. The Labute approximate surface area is 118 Å². The highest BCUT2D eigenvalue weighted by molar-refractivity contribution is 5.58. The van der Waals surface area contributed by atoms with Gasteiger partial charge in [0.2, 0.25) is 0 Å². The van der Waals surface area contributed by atoms with Gasteiger partial charge in [-0.3, -0.25) is 15.1 Å². The molecule has 7 nitrogen and oxygen atoms in total. The number of halogens is 1. The minimum absolute atomic E-state index is 0.181. The highest BCUT2D eigenvalue weighted by Crippen LogP contribution is 2.30. The minimum Gasteiger partial charge on any atom is -0.452 e. The van der Waals surface area contributed by atoms with Gasteiger partial charge in [-0.25, -0.2) is 4.39 Å². The molecule has 0 amide bonds. The van der Waals surface area contributed by atoms with Crippen molar-refractivity contribution in [1.82, 2.24) is 4.98 Å². The number of hydrogen-bond donors (Lipinski definition) is 2. The van der Waals surface area contributed by atoms with Gasteiger partial charge < -0.3 is 16.2 Å². The number of nitro benzene ring substituents is 1. The third-order valence-electron chi connectivity index (χ3n) is 2.50. The fourth-order valence-corrected chi connectivity index (χ4v) is 1.57. The van der Waals surface area contributed by atoms with Gasteiger partial charge in [0, 0.05) is 12.1 Å². The first-order valence-electron chi connectivity index (χ1n) is 5.77. The first-order chi connectivity index (χ1) is 10.0. The summed E-state index contributed by atoms with van der Waals surface area (Å²) < 4.78 is 19.2. The van der Waals surface area contributed by atoms with Crippen LogP contribution in [0.15, 0.2) is 36.7 Å². The van der Waals surface area contributed by atoms with E-state index in [0.29, 0.717) is 11.4 Å². The number of ether oxygens (including phenoxy) is 1. The van der Waals surface area contributed by atoms with Crippen LogP contribution in [0.3, 0.4) is 0 Å². The molecule has 1 heterocycles. The van der Waals surface area contributed by atoms with E-state index in [1.807, 2.05) is 0 Å². The van der Waals surface area contributed by atoms with E-state index in [1.54, 1.807) is 0 Å². The summed E-state index contributed by atoms with van der Waals surface area (Å²) in [5, 5.41) is 10.6. The van der Waals surface area contributed by atoms with Crippen molar-refractivity contribution in [3.8, 4) is 11.5 Å². The number of nitrogens with two attached hydrogens (primary N) is 2. The molecule has 2 rings (SSSR count). The van der Waals surface area contributed by atoms with Gasteiger partial charge in [0.05, 0.1) is 22.9 Å². The lowest BCUT2D eigenvalue weighted by molar-refractivity contribution is -0.385. The number of benzene rings is 1. The molecule has 0 unspecified atom stereocenters. The van der Waals surface area contributed by atoms with E-state index in [-0.39, 0.29) is 17.2 Å². The van der Waals surface area contributed by atoms with Crippen LogP contribution in [0.25, 0.3) is 6.08 Å². The first kappa shape index (κ1) is 14.3. The van der Waals surface area contributed by atoms with Crippen LogP contribution in [0, 0.1) is 15.9 Å². The number of aromatic nitrogens is 1. The maximum atomic E-state index is 13.8. The number of nitrogens with zero attached hydrogens (tertiary/aromatic N) is 2. The average molecular weight is 290 g/mol. The number of nitrogen functional groups attached to an aromatic ring is 1. The lowest BCUT2D eigenvalue weighted by Crippen LogP contribution is -1.97. The molecule has 4 N–H and O–H groups in total. The van der Waals surface area contributed by atoms with Gasteiger partial charge in [-0.1, -0.05) is 0 Å². The van der Waals surface area contributed by atoms with Gasteiger partial charge in [0.25, 0.3) is 5.69 Å². The molecule has 0 aliphatic rings. The Morgan fingerprint density at radius 1 is 1.33 bits per heavy atom. The number of nitro groups is 1. The SMILES string of the molecule is NC=Cc1ncc(N)cc1Oc1ccc([N+](=O)[O-])cc1F. The van der Waals surface area contributed by atoms with Gasteiger partial charge in [0.15, 0.2) is 17.3 Å². The highest BCUT2D eigenvalue weighted by Gasteiger charge is 2.14. The molecule has 1 aromatic heterocycles. The van der Waals surface area contributed by atoms with Gasteiger partial charge >= 0.3 is 0 Å². The van der Waals surface area contributed by atoms with Crippen molar-refractivity contribution in [3.63, 3.8) is 0 Å². The Bertz CT molecular complexity index is 719. The van der Waals surface area contributed by atoms with Gasteiger partial charge in [0.1, 0.15) is 5.69 Å². The molecule has 0 radical (unpaired) electrons. The Balaban J connectivity index is 2.38. The van der Waals surface area contributed by atoms with Crippen molar-refractivity contribution in [3.05, 3.63) is 58.3 Å². The molecule has 0 atom stereocenters. The highest BCUT2D eigenvalue weighted by atomic mass is 19.1. The lowest BCUT2D eigenvalue weighted by atomic mass is 10.2. The zero-order chi connectivity index (χ0) is 15.4. The molecule has 0 aliphatic carbocycles. The van der Waals surface area contributed by atoms with Crippen molar-refractivity contribution < 1.29 is 14.1 Å². The summed E-state index contributed by atoms with van der Waals surface area (Å²) in [7, 11) is 0. The van der Waals surface area contributed by atoms with Crippen molar-refractivity contribution in [1.29, 1.82) is 0 Å². The third-order valence-corrected chi connectivity index (χ3v) is 2.50. The molecule has 0 saturated carbocycles. The van der Waals surface area contributed by atoms with E-state index in [2.05, 4.69) is 4.98 Å². The predicted molar refractivity (Wildman–Crippen MR) is 75.0 cm³/mol. The molecular weight excluding hydrogens is 279 g/mol.